The van der Waals surface area contributed by atoms with Gasteiger partial charge in [0.05, 0.1) is 11.3 Å². The van der Waals surface area contributed by atoms with Gasteiger partial charge in [-0.3, -0.25) is 4.98 Å². The van der Waals surface area contributed by atoms with Crippen molar-refractivity contribution in [2.24, 2.45) is 0 Å². The van der Waals surface area contributed by atoms with Crippen LogP contribution in [0.2, 0.25) is 0 Å². The summed E-state index contributed by atoms with van der Waals surface area (Å²) in [6.07, 6.45) is 3.11. The average Bonchev–Trinajstić information content (AvgIpc) is 3.01. The molecule has 1 aromatic heterocycles. The predicted octanol–water partition coefficient (Wildman–Crippen LogP) is 4.32. The van der Waals surface area contributed by atoms with E-state index in [0.717, 1.165) is 11.1 Å². The number of halogens is 1. The van der Waals surface area contributed by atoms with Gasteiger partial charge in [0.2, 0.25) is 0 Å². The Balaban J connectivity index is 0.000000179. The van der Waals surface area contributed by atoms with Crippen LogP contribution in [0.15, 0.2) is 79.1 Å². The van der Waals surface area contributed by atoms with Gasteiger partial charge in [0, 0.05) is 23.5 Å². The highest BCUT2D eigenvalue weighted by atomic mass is 19.2. The fraction of sp³-hybridized carbons (Fsp3) is 0.0526. The fourth-order valence-electron chi connectivity index (χ4n) is 2.43. The van der Waals surface area contributed by atoms with Crippen LogP contribution in [-0.2, 0) is 4.74 Å². The Labute approximate surface area is 138 Å². The van der Waals surface area contributed by atoms with E-state index < -0.39 is 0 Å². The number of ether oxygens (including phenoxy) is 1. The number of cyclic esters (lactones) is 1. The van der Waals surface area contributed by atoms with E-state index in [1.165, 1.54) is 5.54 Å². The molecule has 2 heterocycles. The van der Waals surface area contributed by atoms with Crippen molar-refractivity contribution in [2.75, 3.05) is 5.54 Å². The molecular formula is C19H15FN2O2. The summed E-state index contributed by atoms with van der Waals surface area (Å²) in [5.74, 6) is -0.260. The molecule has 0 bridgehead atoms. The smallest absolute Gasteiger partial charge is 0.339 e. The number of carbonyl (C=O) groups is 1. The Morgan fingerprint density at radius 3 is 2.38 bits per heavy atom. The molecule has 1 aliphatic heterocycles. The lowest BCUT2D eigenvalue weighted by atomic mass is 10.0. The number of fused-ring (bicyclic) bond motifs is 1. The zero-order valence-electron chi connectivity index (χ0n) is 12.7. The van der Waals surface area contributed by atoms with Crippen molar-refractivity contribution in [3.63, 3.8) is 0 Å². The van der Waals surface area contributed by atoms with Crippen molar-refractivity contribution in [3.8, 4) is 0 Å². The molecule has 4 nitrogen and oxygen atoms in total. The standard InChI is InChI=1S/C13H9NO2.C6H6FN/c15-13-11-6-2-1-5-10(11)12(16-13)9-4-3-7-14-8-9;7-8-6-4-2-1-3-5-6/h1-8,12H;1-5,8H. The van der Waals surface area contributed by atoms with Gasteiger partial charge in [-0.15, -0.1) is 4.48 Å². The number of pyridine rings is 1. The van der Waals surface area contributed by atoms with E-state index in [1.54, 1.807) is 42.7 Å². The number of nitrogens with zero attached hydrogens (tertiary/aromatic N) is 1. The Hall–Kier alpha value is -3.21. The quantitative estimate of drug-likeness (QED) is 0.564. The molecule has 3 aromatic rings. The van der Waals surface area contributed by atoms with Gasteiger partial charge in [-0.1, -0.05) is 42.5 Å². The number of para-hydroxylation sites is 1. The summed E-state index contributed by atoms with van der Waals surface area (Å²) in [4.78, 5) is 15.6. The van der Waals surface area contributed by atoms with E-state index in [1.807, 2.05) is 36.4 Å². The Bertz CT molecular complexity index is 810. The molecule has 0 amide bonds. The first-order valence-electron chi connectivity index (χ1n) is 7.41. The molecule has 4 rings (SSSR count). The lowest BCUT2D eigenvalue weighted by molar-refractivity contribution is 0.0455. The first kappa shape index (κ1) is 15.7. The van der Waals surface area contributed by atoms with Crippen LogP contribution in [-0.4, -0.2) is 11.0 Å². The monoisotopic (exact) mass is 322 g/mol. The maximum atomic E-state index is 11.6. The molecule has 0 saturated heterocycles. The van der Waals surface area contributed by atoms with Gasteiger partial charge in [0.25, 0.3) is 0 Å². The van der Waals surface area contributed by atoms with E-state index in [-0.39, 0.29) is 12.1 Å². The van der Waals surface area contributed by atoms with Gasteiger partial charge in [0.1, 0.15) is 0 Å². The molecule has 0 fully saturated rings. The van der Waals surface area contributed by atoms with E-state index in [2.05, 4.69) is 4.98 Å². The lowest BCUT2D eigenvalue weighted by Crippen LogP contribution is -2.00. The number of esters is 1. The molecule has 24 heavy (non-hydrogen) atoms. The molecule has 0 spiro atoms. The molecule has 5 heteroatoms. The van der Waals surface area contributed by atoms with Crippen LogP contribution >= 0.6 is 0 Å². The number of hydrogen-bond donors (Lipinski definition) is 1. The second kappa shape index (κ2) is 7.37. The maximum Gasteiger partial charge on any atom is 0.339 e. The molecule has 0 aliphatic carbocycles. The minimum absolute atomic E-state index is 0.260. The first-order valence-corrected chi connectivity index (χ1v) is 7.41. The number of carbonyl (C=O) groups excluding carboxylic acids is 1. The van der Waals surface area contributed by atoms with Crippen LogP contribution in [0.5, 0.6) is 0 Å². The highest BCUT2D eigenvalue weighted by Gasteiger charge is 2.31. The molecular weight excluding hydrogens is 307 g/mol. The number of hydrogen-bond acceptors (Lipinski definition) is 4. The Morgan fingerprint density at radius 1 is 0.958 bits per heavy atom. The number of aromatic nitrogens is 1. The Morgan fingerprint density at radius 2 is 1.71 bits per heavy atom. The summed E-state index contributed by atoms with van der Waals surface area (Å²) in [6.45, 7) is 0. The number of rotatable bonds is 2. The summed E-state index contributed by atoms with van der Waals surface area (Å²) in [7, 11) is 0. The SMILES string of the molecule is FNc1ccccc1.O=C1OC(c2cccnc2)c2ccccc21. The van der Waals surface area contributed by atoms with Gasteiger partial charge in [-0.2, -0.15) is 0 Å². The molecule has 0 radical (unpaired) electrons. The summed E-state index contributed by atoms with van der Waals surface area (Å²) < 4.78 is 16.8. The molecule has 2 aromatic carbocycles. The van der Waals surface area contributed by atoms with Crippen LogP contribution in [0, 0.1) is 0 Å². The molecule has 1 unspecified atom stereocenters. The predicted molar refractivity (Wildman–Crippen MR) is 89.1 cm³/mol. The number of nitrogens with one attached hydrogen (secondary N) is 1. The molecule has 1 N–H and O–H groups in total. The van der Waals surface area contributed by atoms with Gasteiger partial charge < -0.3 is 4.74 Å². The average molecular weight is 322 g/mol. The third-order valence-electron chi connectivity index (χ3n) is 3.56. The number of benzene rings is 2. The highest BCUT2D eigenvalue weighted by molar-refractivity contribution is 5.94. The van der Waals surface area contributed by atoms with Crippen LogP contribution in [0.4, 0.5) is 10.2 Å². The summed E-state index contributed by atoms with van der Waals surface area (Å²) >= 11 is 0. The Kier molecular flexibility index (Phi) is 4.81. The third kappa shape index (κ3) is 3.41. The van der Waals surface area contributed by atoms with E-state index in [9.17, 15) is 9.28 Å². The van der Waals surface area contributed by atoms with Crippen molar-refractivity contribution in [2.45, 2.75) is 6.10 Å². The maximum absolute atomic E-state index is 11.6. The normalized spacial score (nSPS) is 14.9. The topological polar surface area (TPSA) is 51.2 Å². The van der Waals surface area contributed by atoms with Gasteiger partial charge in [0.15, 0.2) is 6.10 Å². The summed E-state index contributed by atoms with van der Waals surface area (Å²) in [5.41, 5.74) is 4.49. The van der Waals surface area contributed by atoms with E-state index >= 15 is 0 Å². The van der Waals surface area contributed by atoms with Crippen molar-refractivity contribution < 1.29 is 14.0 Å². The van der Waals surface area contributed by atoms with Crippen LogP contribution < -0.4 is 5.54 Å². The van der Waals surface area contributed by atoms with Gasteiger partial charge in [-0.05, 0) is 24.3 Å². The van der Waals surface area contributed by atoms with Gasteiger partial charge in [-0.25, -0.2) is 10.3 Å². The fourth-order valence-corrected chi connectivity index (χ4v) is 2.43. The molecule has 120 valence electrons. The zero-order chi connectivity index (χ0) is 16.8. The van der Waals surface area contributed by atoms with Crippen molar-refractivity contribution >= 4 is 11.7 Å². The largest absolute Gasteiger partial charge is 0.449 e. The molecule has 1 aliphatic rings. The summed E-state index contributed by atoms with van der Waals surface area (Å²) in [5, 5.41) is 0. The van der Waals surface area contributed by atoms with E-state index in [0.29, 0.717) is 11.3 Å². The number of anilines is 1. The second-order valence-electron chi connectivity index (χ2n) is 5.12. The van der Waals surface area contributed by atoms with Crippen LogP contribution in [0.25, 0.3) is 0 Å². The summed E-state index contributed by atoms with van der Waals surface area (Å²) in [6, 6.07) is 19.9. The molecule has 1 atom stereocenters. The second-order valence-corrected chi connectivity index (χ2v) is 5.12. The minimum atomic E-state index is -0.308. The van der Waals surface area contributed by atoms with E-state index in [4.69, 9.17) is 4.74 Å². The zero-order valence-corrected chi connectivity index (χ0v) is 12.7. The van der Waals surface area contributed by atoms with Crippen molar-refractivity contribution in [1.82, 2.24) is 4.98 Å². The van der Waals surface area contributed by atoms with Gasteiger partial charge >= 0.3 is 5.97 Å². The first-order chi connectivity index (χ1) is 11.8. The minimum Gasteiger partial charge on any atom is -0.449 e. The van der Waals surface area contributed by atoms with Crippen molar-refractivity contribution in [1.29, 1.82) is 0 Å². The molecule has 0 saturated carbocycles. The van der Waals surface area contributed by atoms with Crippen LogP contribution in [0.1, 0.15) is 27.6 Å². The lowest BCUT2D eigenvalue weighted by Gasteiger charge is -2.09. The highest BCUT2D eigenvalue weighted by Crippen LogP contribution is 2.34. The third-order valence-corrected chi connectivity index (χ3v) is 3.56. The van der Waals surface area contributed by atoms with Crippen molar-refractivity contribution in [3.05, 3.63) is 95.8 Å². The van der Waals surface area contributed by atoms with Crippen LogP contribution in [0.3, 0.4) is 0 Å².